The fraction of sp³-hybridized carbons (Fsp3) is 0.150. The van der Waals surface area contributed by atoms with Gasteiger partial charge >= 0.3 is 0 Å². The molecule has 25 heavy (non-hydrogen) atoms. The topological polar surface area (TPSA) is 34.6 Å². The number of halogens is 1. The quantitative estimate of drug-likeness (QED) is 0.657. The molecule has 0 amide bonds. The average molecular weight is 353 g/mol. The minimum absolute atomic E-state index is 0.133. The van der Waals surface area contributed by atoms with Crippen LogP contribution in [0, 0.1) is 0 Å². The molecule has 0 aliphatic carbocycles. The molecule has 3 aromatic rings. The van der Waals surface area contributed by atoms with Gasteiger partial charge in [0.15, 0.2) is 0 Å². The number of anilines is 1. The molecule has 2 aromatic carbocycles. The van der Waals surface area contributed by atoms with E-state index in [-0.39, 0.29) is 6.04 Å². The van der Waals surface area contributed by atoms with E-state index in [9.17, 15) is 0 Å². The fourth-order valence-electron chi connectivity index (χ4n) is 2.92. The van der Waals surface area contributed by atoms with Crippen LogP contribution in [0.25, 0.3) is 0 Å². The Morgan fingerprint density at radius 2 is 1.92 bits per heavy atom. The molecule has 0 spiro atoms. The van der Waals surface area contributed by atoms with Crippen molar-refractivity contribution in [3.05, 3.63) is 83.5 Å². The number of pyridine rings is 1. The van der Waals surface area contributed by atoms with Crippen molar-refractivity contribution in [1.29, 1.82) is 0 Å². The monoisotopic (exact) mass is 352 g/mol. The first kappa shape index (κ1) is 15.9. The van der Waals surface area contributed by atoms with Crippen molar-refractivity contribution in [3.8, 4) is 11.6 Å². The smallest absolute Gasteiger partial charge is 0.219 e. The number of hydrogen-bond donors (Lipinski definition) is 0. The van der Waals surface area contributed by atoms with Gasteiger partial charge in [0.1, 0.15) is 12.5 Å². The molecule has 0 saturated carbocycles. The van der Waals surface area contributed by atoms with Crippen LogP contribution < -0.4 is 9.64 Å². The average Bonchev–Trinajstić information content (AvgIpc) is 3.13. The third-order valence-corrected chi connectivity index (χ3v) is 4.40. The van der Waals surface area contributed by atoms with Gasteiger partial charge in [0.2, 0.25) is 5.88 Å². The lowest BCUT2D eigenvalue weighted by atomic mass is 10.1. The van der Waals surface area contributed by atoms with Gasteiger partial charge < -0.3 is 14.4 Å². The van der Waals surface area contributed by atoms with E-state index in [1.54, 1.807) is 6.20 Å². The molecular weight excluding hydrogens is 336 g/mol. The zero-order valence-corrected chi connectivity index (χ0v) is 14.3. The van der Waals surface area contributed by atoms with Crippen LogP contribution in [-0.4, -0.2) is 18.3 Å². The van der Waals surface area contributed by atoms with Crippen LogP contribution in [0.4, 0.5) is 5.69 Å². The van der Waals surface area contributed by atoms with E-state index >= 15 is 0 Å². The lowest BCUT2D eigenvalue weighted by molar-refractivity contribution is 0.194. The summed E-state index contributed by atoms with van der Waals surface area (Å²) in [5.41, 5.74) is 2.23. The van der Waals surface area contributed by atoms with Crippen molar-refractivity contribution < 1.29 is 9.47 Å². The molecule has 1 aromatic heterocycles. The number of hydrogen-bond acceptors (Lipinski definition) is 4. The first-order chi connectivity index (χ1) is 12.3. The molecule has 126 valence electrons. The molecule has 2 heterocycles. The molecule has 1 fully saturated rings. The van der Waals surface area contributed by atoms with Crippen molar-refractivity contribution in [3.63, 3.8) is 0 Å². The van der Waals surface area contributed by atoms with Crippen molar-refractivity contribution in [1.82, 2.24) is 4.98 Å². The lowest BCUT2D eigenvalue weighted by Crippen LogP contribution is -2.23. The van der Waals surface area contributed by atoms with Crippen LogP contribution in [0.15, 0.2) is 72.9 Å². The molecule has 5 heteroatoms. The second kappa shape index (κ2) is 7.13. The van der Waals surface area contributed by atoms with Crippen LogP contribution in [0.1, 0.15) is 11.6 Å². The van der Waals surface area contributed by atoms with Crippen molar-refractivity contribution >= 4 is 17.3 Å². The van der Waals surface area contributed by atoms with E-state index in [1.807, 2.05) is 60.7 Å². The standard InChI is InChI=1S/C20H17ClN2O2/c21-16-7-9-17(10-8-16)23-14-24-13-19(23)15-4-3-5-18(12-15)25-20-6-1-2-11-22-20/h1-12,19H,13-14H2/t19-/m1/s1. The number of benzene rings is 2. The molecular formula is C20H17ClN2O2. The number of nitrogens with zero attached hydrogens (tertiary/aromatic N) is 2. The van der Waals surface area contributed by atoms with Gasteiger partial charge in [0.25, 0.3) is 0 Å². The molecule has 0 radical (unpaired) electrons. The Bertz CT molecular complexity index is 840. The van der Waals surface area contributed by atoms with Gasteiger partial charge in [-0.3, -0.25) is 0 Å². The third-order valence-electron chi connectivity index (χ3n) is 4.14. The third kappa shape index (κ3) is 3.60. The molecule has 4 nitrogen and oxygen atoms in total. The summed E-state index contributed by atoms with van der Waals surface area (Å²) in [6, 6.07) is 21.6. The Labute approximate surface area is 151 Å². The number of ether oxygens (including phenoxy) is 2. The molecule has 0 N–H and O–H groups in total. The summed E-state index contributed by atoms with van der Waals surface area (Å²) in [6.07, 6.45) is 1.71. The summed E-state index contributed by atoms with van der Waals surface area (Å²) in [5.74, 6) is 1.34. The van der Waals surface area contributed by atoms with Crippen LogP contribution in [-0.2, 0) is 4.74 Å². The maximum Gasteiger partial charge on any atom is 0.219 e. The summed E-state index contributed by atoms with van der Waals surface area (Å²) < 4.78 is 11.6. The SMILES string of the molecule is Clc1ccc(N2COC[C@@H]2c2cccc(Oc3ccccn3)c2)cc1. The van der Waals surface area contributed by atoms with Crippen molar-refractivity contribution in [2.45, 2.75) is 6.04 Å². The van der Waals surface area contributed by atoms with Gasteiger partial charge in [-0.25, -0.2) is 4.98 Å². The molecule has 0 bridgehead atoms. The minimum Gasteiger partial charge on any atom is -0.439 e. The zero-order valence-electron chi connectivity index (χ0n) is 13.5. The Morgan fingerprint density at radius 1 is 1.04 bits per heavy atom. The number of rotatable bonds is 4. The van der Waals surface area contributed by atoms with Gasteiger partial charge in [-0.05, 0) is 48.0 Å². The van der Waals surface area contributed by atoms with Crippen molar-refractivity contribution in [2.24, 2.45) is 0 Å². The predicted molar refractivity (Wildman–Crippen MR) is 98.2 cm³/mol. The predicted octanol–water partition coefficient (Wildman–Crippen LogP) is 5.06. The van der Waals surface area contributed by atoms with E-state index in [2.05, 4.69) is 16.0 Å². The van der Waals surface area contributed by atoms with Crippen LogP contribution in [0.5, 0.6) is 11.6 Å². The fourth-order valence-corrected chi connectivity index (χ4v) is 3.05. The minimum atomic E-state index is 0.133. The van der Waals surface area contributed by atoms with Gasteiger partial charge in [-0.2, -0.15) is 0 Å². The van der Waals surface area contributed by atoms with E-state index in [0.29, 0.717) is 19.2 Å². The van der Waals surface area contributed by atoms with Gasteiger partial charge in [0, 0.05) is 23.0 Å². The molecule has 0 unspecified atom stereocenters. The van der Waals surface area contributed by atoms with E-state index in [0.717, 1.165) is 22.0 Å². The molecule has 1 atom stereocenters. The zero-order chi connectivity index (χ0) is 17.1. The first-order valence-electron chi connectivity index (χ1n) is 8.08. The maximum atomic E-state index is 6.00. The highest BCUT2D eigenvalue weighted by Gasteiger charge is 2.27. The highest BCUT2D eigenvalue weighted by atomic mass is 35.5. The van der Waals surface area contributed by atoms with Crippen molar-refractivity contribution in [2.75, 3.05) is 18.2 Å². The Balaban J connectivity index is 1.58. The second-order valence-corrected chi connectivity index (χ2v) is 6.24. The highest BCUT2D eigenvalue weighted by Crippen LogP contribution is 2.34. The number of aromatic nitrogens is 1. The Morgan fingerprint density at radius 3 is 2.72 bits per heavy atom. The Kier molecular flexibility index (Phi) is 4.55. The normalized spacial score (nSPS) is 16.8. The molecule has 1 aliphatic rings. The van der Waals surface area contributed by atoms with Gasteiger partial charge in [-0.15, -0.1) is 0 Å². The van der Waals surface area contributed by atoms with Crippen LogP contribution >= 0.6 is 11.6 Å². The molecule has 4 rings (SSSR count). The first-order valence-corrected chi connectivity index (χ1v) is 8.46. The van der Waals surface area contributed by atoms with E-state index in [1.165, 1.54) is 0 Å². The Hall–Kier alpha value is -2.56. The van der Waals surface area contributed by atoms with Crippen LogP contribution in [0.2, 0.25) is 5.02 Å². The van der Waals surface area contributed by atoms with Gasteiger partial charge in [-0.1, -0.05) is 29.8 Å². The molecule has 1 saturated heterocycles. The van der Waals surface area contributed by atoms with Gasteiger partial charge in [0.05, 0.1) is 12.6 Å². The largest absolute Gasteiger partial charge is 0.439 e. The lowest BCUT2D eigenvalue weighted by Gasteiger charge is -2.25. The van der Waals surface area contributed by atoms with E-state index in [4.69, 9.17) is 21.1 Å². The second-order valence-electron chi connectivity index (χ2n) is 5.80. The summed E-state index contributed by atoms with van der Waals surface area (Å²) in [5, 5.41) is 0.728. The highest BCUT2D eigenvalue weighted by molar-refractivity contribution is 6.30. The van der Waals surface area contributed by atoms with Crippen LogP contribution in [0.3, 0.4) is 0 Å². The summed E-state index contributed by atoms with van der Waals surface area (Å²) in [4.78, 5) is 6.42. The maximum absolute atomic E-state index is 6.00. The summed E-state index contributed by atoms with van der Waals surface area (Å²) in [6.45, 7) is 1.19. The molecule has 1 aliphatic heterocycles. The summed E-state index contributed by atoms with van der Waals surface area (Å²) in [7, 11) is 0. The van der Waals surface area contributed by atoms with E-state index < -0.39 is 0 Å². The summed E-state index contributed by atoms with van der Waals surface area (Å²) >= 11 is 6.00.